The summed E-state index contributed by atoms with van der Waals surface area (Å²) in [5.74, 6) is 1.59. The van der Waals surface area contributed by atoms with Crippen molar-refractivity contribution in [2.45, 2.75) is 27.2 Å². The summed E-state index contributed by atoms with van der Waals surface area (Å²) < 4.78 is 7.85. The molecule has 0 spiro atoms. The van der Waals surface area contributed by atoms with Gasteiger partial charge in [0.25, 0.3) is 0 Å². The molecule has 1 N–H and O–H groups in total. The Bertz CT molecular complexity index is 444. The summed E-state index contributed by atoms with van der Waals surface area (Å²) in [5, 5.41) is 3.40. The van der Waals surface area contributed by atoms with E-state index >= 15 is 0 Å². The van der Waals surface area contributed by atoms with Gasteiger partial charge in [0.05, 0.1) is 11.1 Å². The first-order valence-corrected chi connectivity index (χ1v) is 8.62. The van der Waals surface area contributed by atoms with Gasteiger partial charge < -0.3 is 10.1 Å². The van der Waals surface area contributed by atoms with Gasteiger partial charge in [0.1, 0.15) is 5.75 Å². The Labute approximate surface area is 139 Å². The highest BCUT2D eigenvalue weighted by Crippen LogP contribution is 2.33. The highest BCUT2D eigenvalue weighted by Gasteiger charge is 2.07. The Morgan fingerprint density at radius 2 is 2.05 bits per heavy atom. The Hall–Kier alpha value is -0.320. The van der Waals surface area contributed by atoms with E-state index in [1.165, 1.54) is 0 Å². The van der Waals surface area contributed by atoms with Crippen molar-refractivity contribution in [1.29, 1.82) is 0 Å². The van der Waals surface area contributed by atoms with E-state index in [1.54, 1.807) is 0 Å². The first-order chi connectivity index (χ1) is 9.54. The normalized spacial score (nSPS) is 11.5. The second-order valence-electron chi connectivity index (χ2n) is 5.11. The Morgan fingerprint density at radius 1 is 1.30 bits per heavy atom. The van der Waals surface area contributed by atoms with Crippen LogP contribution in [0.5, 0.6) is 5.75 Å². The molecule has 0 bridgehead atoms. The zero-order valence-electron chi connectivity index (χ0n) is 12.4. The lowest BCUT2D eigenvalue weighted by Crippen LogP contribution is -2.19. The number of benzene rings is 1. The van der Waals surface area contributed by atoms with Crippen molar-refractivity contribution in [3.8, 4) is 5.75 Å². The quantitative estimate of drug-likeness (QED) is 0.596. The summed E-state index contributed by atoms with van der Waals surface area (Å²) in [4.78, 5) is 0. The molecule has 0 unspecified atom stereocenters. The summed E-state index contributed by atoms with van der Waals surface area (Å²) in [5.41, 5.74) is 1.09. The smallest absolute Gasteiger partial charge is 0.140 e. The number of hydrogen-bond donors (Lipinski definition) is 1. The van der Waals surface area contributed by atoms with Crippen LogP contribution in [0.1, 0.15) is 32.8 Å². The van der Waals surface area contributed by atoms with E-state index < -0.39 is 0 Å². The molecule has 0 aliphatic heterocycles. The van der Waals surface area contributed by atoms with E-state index in [1.807, 2.05) is 6.07 Å². The van der Waals surface area contributed by atoms with Gasteiger partial charge in [-0.15, -0.1) is 0 Å². The third-order valence-electron chi connectivity index (χ3n) is 2.60. The average molecular weight is 405 g/mol. The third kappa shape index (κ3) is 6.42. The molecule has 0 heterocycles. The van der Waals surface area contributed by atoms with E-state index in [4.69, 9.17) is 4.74 Å². The van der Waals surface area contributed by atoms with Crippen LogP contribution in [-0.2, 0) is 0 Å². The number of nitrogens with one attached hydrogen (secondary N) is 1. The monoisotopic (exact) mass is 403 g/mol. The minimum Gasteiger partial charge on any atom is -0.492 e. The molecule has 0 radical (unpaired) electrons. The molecule has 20 heavy (non-hydrogen) atoms. The van der Waals surface area contributed by atoms with Gasteiger partial charge in [0, 0.05) is 16.6 Å². The number of ether oxygens (including phenoxy) is 1. The van der Waals surface area contributed by atoms with Crippen molar-refractivity contribution in [2.24, 2.45) is 5.92 Å². The van der Waals surface area contributed by atoms with Gasteiger partial charge in [-0.25, -0.2) is 0 Å². The number of halogens is 2. The first kappa shape index (κ1) is 17.7. The molecule has 2 nitrogen and oxygen atoms in total. The zero-order chi connectivity index (χ0) is 15.0. The van der Waals surface area contributed by atoms with Crippen molar-refractivity contribution in [3.63, 3.8) is 0 Å². The summed E-state index contributed by atoms with van der Waals surface area (Å²) in [6.45, 7) is 9.16. The van der Waals surface area contributed by atoms with E-state index in [2.05, 4.69) is 76.2 Å². The van der Waals surface area contributed by atoms with Crippen molar-refractivity contribution >= 4 is 37.9 Å². The predicted molar refractivity (Wildman–Crippen MR) is 94.4 cm³/mol. The van der Waals surface area contributed by atoms with Crippen molar-refractivity contribution in [3.05, 3.63) is 32.7 Å². The lowest BCUT2D eigenvalue weighted by atomic mass is 10.2. The van der Waals surface area contributed by atoms with Gasteiger partial charge in [-0.2, -0.15) is 0 Å². The van der Waals surface area contributed by atoms with Gasteiger partial charge in [0.2, 0.25) is 0 Å². The first-order valence-electron chi connectivity index (χ1n) is 7.03. The Balaban J connectivity index is 2.73. The molecule has 0 saturated heterocycles. The fourth-order valence-corrected chi connectivity index (χ4v) is 3.07. The standard InChI is InChI=1S/C16H23Br2NO/c1-4-8-20-16-13(9-14(17)10-15(16)18)6-5-7-19-11-12(2)3/h5-6,9-10,12,19H,4,7-8,11H2,1-3H3. The molecule has 1 rings (SSSR count). The molecule has 0 saturated carbocycles. The van der Waals surface area contributed by atoms with Gasteiger partial charge in [0.15, 0.2) is 0 Å². The van der Waals surface area contributed by atoms with Crippen LogP contribution >= 0.6 is 31.9 Å². The minimum absolute atomic E-state index is 0.673. The van der Waals surface area contributed by atoms with Crippen LogP contribution in [0.4, 0.5) is 0 Å². The molecule has 112 valence electrons. The second kappa shape index (κ2) is 9.59. The number of rotatable bonds is 8. The molecule has 0 fully saturated rings. The highest BCUT2D eigenvalue weighted by molar-refractivity contribution is 9.11. The van der Waals surface area contributed by atoms with Crippen molar-refractivity contribution < 1.29 is 4.74 Å². The van der Waals surface area contributed by atoms with Crippen LogP contribution in [0.2, 0.25) is 0 Å². The fraction of sp³-hybridized carbons (Fsp3) is 0.500. The lowest BCUT2D eigenvalue weighted by molar-refractivity contribution is 0.315. The molecule has 1 aromatic rings. The van der Waals surface area contributed by atoms with Crippen LogP contribution in [0.15, 0.2) is 27.2 Å². The minimum atomic E-state index is 0.673. The topological polar surface area (TPSA) is 21.3 Å². The maximum atomic E-state index is 5.83. The molecular formula is C16H23Br2NO. The van der Waals surface area contributed by atoms with Crippen LogP contribution in [0.3, 0.4) is 0 Å². The SMILES string of the molecule is CCCOc1c(Br)cc(Br)cc1C=CCNCC(C)C. The van der Waals surface area contributed by atoms with Gasteiger partial charge in [-0.05, 0) is 46.9 Å². The van der Waals surface area contributed by atoms with Gasteiger partial charge >= 0.3 is 0 Å². The zero-order valence-corrected chi connectivity index (χ0v) is 15.6. The third-order valence-corrected chi connectivity index (χ3v) is 3.65. The molecule has 0 aliphatic carbocycles. The van der Waals surface area contributed by atoms with E-state index in [0.717, 1.165) is 46.4 Å². The molecule has 0 aromatic heterocycles. The molecule has 4 heteroatoms. The summed E-state index contributed by atoms with van der Waals surface area (Å²) in [7, 11) is 0. The van der Waals surface area contributed by atoms with Crippen LogP contribution < -0.4 is 10.1 Å². The Morgan fingerprint density at radius 3 is 2.70 bits per heavy atom. The summed E-state index contributed by atoms with van der Waals surface area (Å²) in [6, 6.07) is 4.09. The Kier molecular flexibility index (Phi) is 8.50. The molecule has 1 aromatic carbocycles. The maximum Gasteiger partial charge on any atom is 0.140 e. The summed E-state index contributed by atoms with van der Waals surface area (Å²) in [6.07, 6.45) is 5.24. The fourth-order valence-electron chi connectivity index (χ4n) is 1.70. The molecule has 0 amide bonds. The van der Waals surface area contributed by atoms with Crippen LogP contribution in [-0.4, -0.2) is 19.7 Å². The maximum absolute atomic E-state index is 5.83. The largest absolute Gasteiger partial charge is 0.492 e. The molecule has 0 aliphatic rings. The number of hydrogen-bond acceptors (Lipinski definition) is 2. The van der Waals surface area contributed by atoms with Crippen LogP contribution in [0.25, 0.3) is 6.08 Å². The molecular weight excluding hydrogens is 382 g/mol. The van der Waals surface area contributed by atoms with Gasteiger partial charge in [-0.3, -0.25) is 0 Å². The lowest BCUT2D eigenvalue weighted by Gasteiger charge is -2.11. The van der Waals surface area contributed by atoms with Crippen molar-refractivity contribution in [1.82, 2.24) is 5.32 Å². The van der Waals surface area contributed by atoms with E-state index in [9.17, 15) is 0 Å². The van der Waals surface area contributed by atoms with Crippen molar-refractivity contribution in [2.75, 3.05) is 19.7 Å². The van der Waals surface area contributed by atoms with E-state index in [0.29, 0.717) is 5.92 Å². The van der Waals surface area contributed by atoms with E-state index in [-0.39, 0.29) is 0 Å². The average Bonchev–Trinajstić information content (AvgIpc) is 2.36. The summed E-state index contributed by atoms with van der Waals surface area (Å²) >= 11 is 7.09. The second-order valence-corrected chi connectivity index (χ2v) is 6.88. The predicted octanol–water partition coefficient (Wildman–Crippen LogP) is 5.26. The van der Waals surface area contributed by atoms with Gasteiger partial charge in [-0.1, -0.05) is 48.9 Å². The highest BCUT2D eigenvalue weighted by atomic mass is 79.9. The van der Waals surface area contributed by atoms with Crippen LogP contribution in [0, 0.1) is 5.92 Å². The molecule has 0 atom stereocenters.